The van der Waals surface area contributed by atoms with Crippen LogP contribution in [-0.4, -0.2) is 47.2 Å². The predicted octanol–water partition coefficient (Wildman–Crippen LogP) is 0.750. The lowest BCUT2D eigenvalue weighted by atomic mass is 10.3. The molecule has 0 spiro atoms. The van der Waals surface area contributed by atoms with Crippen molar-refractivity contribution < 1.29 is 4.79 Å². The largest absolute Gasteiger partial charge is 0.352 e. The number of amides is 1. The molecule has 5 nitrogen and oxygen atoms in total. The molecular weight excluding hydrogens is 319 g/mol. The van der Waals surface area contributed by atoms with Crippen LogP contribution in [0.2, 0.25) is 0 Å². The number of halogens is 1. The Hall–Kier alpha value is -0.920. The molecule has 0 radical (unpaired) electrons. The first-order valence-corrected chi connectivity index (χ1v) is 6.24. The van der Waals surface area contributed by atoms with Gasteiger partial charge in [-0.05, 0) is 34.7 Å². The number of carbonyl (C=O) groups is 1. The molecule has 0 aromatic carbocycles. The standard InChI is InChI=1S/C10H13IN4O/c1-8(16)14-4-6-15(7-5-14)10-3-2-9(11)12-13-10/h2-3H,4-7H2,1H3. The van der Waals surface area contributed by atoms with Gasteiger partial charge in [0.1, 0.15) is 3.70 Å². The van der Waals surface area contributed by atoms with Gasteiger partial charge in [0, 0.05) is 33.1 Å². The predicted molar refractivity (Wildman–Crippen MR) is 69.2 cm³/mol. The summed E-state index contributed by atoms with van der Waals surface area (Å²) < 4.78 is 0.892. The molecule has 2 heterocycles. The fraction of sp³-hybridized carbons (Fsp3) is 0.500. The lowest BCUT2D eigenvalue weighted by Crippen LogP contribution is -2.48. The van der Waals surface area contributed by atoms with E-state index in [1.807, 2.05) is 17.0 Å². The van der Waals surface area contributed by atoms with E-state index in [0.29, 0.717) is 0 Å². The highest BCUT2D eigenvalue weighted by atomic mass is 127. The van der Waals surface area contributed by atoms with Crippen LogP contribution in [0.1, 0.15) is 6.92 Å². The zero-order valence-electron chi connectivity index (χ0n) is 9.06. The number of anilines is 1. The molecule has 6 heteroatoms. The molecule has 1 aromatic heterocycles. The van der Waals surface area contributed by atoms with Crippen LogP contribution in [0.15, 0.2) is 12.1 Å². The Bertz CT molecular complexity index is 373. The van der Waals surface area contributed by atoms with Gasteiger partial charge in [-0.25, -0.2) is 0 Å². The van der Waals surface area contributed by atoms with Crippen molar-refractivity contribution in [3.63, 3.8) is 0 Å². The molecule has 0 bridgehead atoms. The number of nitrogens with zero attached hydrogens (tertiary/aromatic N) is 4. The summed E-state index contributed by atoms with van der Waals surface area (Å²) in [7, 11) is 0. The van der Waals surface area contributed by atoms with Crippen LogP contribution in [0.3, 0.4) is 0 Å². The Morgan fingerprint density at radius 1 is 1.25 bits per heavy atom. The molecule has 16 heavy (non-hydrogen) atoms. The van der Waals surface area contributed by atoms with Crippen LogP contribution >= 0.6 is 22.6 Å². The Balaban J connectivity index is 1.99. The number of hydrogen-bond acceptors (Lipinski definition) is 4. The summed E-state index contributed by atoms with van der Waals surface area (Å²) in [5, 5.41) is 8.16. The number of carbonyl (C=O) groups excluding carboxylic acids is 1. The molecule has 86 valence electrons. The first kappa shape index (κ1) is 11.6. The molecular formula is C10H13IN4O. The maximum absolute atomic E-state index is 11.2. The third-order valence-corrected chi connectivity index (χ3v) is 3.24. The first-order valence-electron chi connectivity index (χ1n) is 5.16. The van der Waals surface area contributed by atoms with Gasteiger partial charge in [0.05, 0.1) is 0 Å². The molecule has 1 fully saturated rings. The first-order chi connectivity index (χ1) is 7.66. The van der Waals surface area contributed by atoms with E-state index >= 15 is 0 Å². The molecule has 1 amide bonds. The molecule has 2 rings (SSSR count). The Morgan fingerprint density at radius 2 is 1.94 bits per heavy atom. The van der Waals surface area contributed by atoms with Gasteiger partial charge >= 0.3 is 0 Å². The van der Waals surface area contributed by atoms with Crippen LogP contribution in [0, 0.1) is 3.70 Å². The van der Waals surface area contributed by atoms with Crippen molar-refractivity contribution in [2.24, 2.45) is 0 Å². The van der Waals surface area contributed by atoms with Crippen LogP contribution in [-0.2, 0) is 4.79 Å². The smallest absolute Gasteiger partial charge is 0.219 e. The highest BCUT2D eigenvalue weighted by molar-refractivity contribution is 14.1. The van der Waals surface area contributed by atoms with E-state index in [4.69, 9.17) is 0 Å². The van der Waals surface area contributed by atoms with Gasteiger partial charge in [-0.2, -0.15) is 0 Å². The maximum Gasteiger partial charge on any atom is 0.219 e. The number of piperazine rings is 1. The van der Waals surface area contributed by atoms with E-state index in [1.54, 1.807) is 6.92 Å². The quantitative estimate of drug-likeness (QED) is 0.712. The topological polar surface area (TPSA) is 49.3 Å². The fourth-order valence-corrected chi connectivity index (χ4v) is 2.02. The summed E-state index contributed by atoms with van der Waals surface area (Å²) in [5.74, 6) is 1.04. The van der Waals surface area contributed by atoms with Crippen molar-refractivity contribution >= 4 is 34.3 Å². The number of hydrogen-bond donors (Lipinski definition) is 0. The summed E-state index contributed by atoms with van der Waals surface area (Å²) in [6.07, 6.45) is 0. The zero-order valence-corrected chi connectivity index (χ0v) is 11.2. The van der Waals surface area contributed by atoms with Crippen LogP contribution < -0.4 is 4.90 Å². The van der Waals surface area contributed by atoms with Crippen molar-refractivity contribution in [2.45, 2.75) is 6.92 Å². The normalized spacial score (nSPS) is 16.4. The van der Waals surface area contributed by atoms with Gasteiger partial charge in [0.25, 0.3) is 0 Å². The van der Waals surface area contributed by atoms with Crippen molar-refractivity contribution in [1.82, 2.24) is 15.1 Å². The van der Waals surface area contributed by atoms with Crippen molar-refractivity contribution in [3.8, 4) is 0 Å². The van der Waals surface area contributed by atoms with Crippen molar-refractivity contribution in [1.29, 1.82) is 0 Å². The molecule has 1 aromatic rings. The van der Waals surface area contributed by atoms with Gasteiger partial charge in [-0.3, -0.25) is 4.79 Å². The monoisotopic (exact) mass is 332 g/mol. The van der Waals surface area contributed by atoms with Crippen molar-refractivity contribution in [2.75, 3.05) is 31.1 Å². The van der Waals surface area contributed by atoms with Crippen molar-refractivity contribution in [3.05, 3.63) is 15.8 Å². The fourth-order valence-electron chi connectivity index (χ4n) is 1.73. The second kappa shape index (κ2) is 4.94. The summed E-state index contributed by atoms with van der Waals surface area (Å²) in [4.78, 5) is 15.2. The minimum atomic E-state index is 0.147. The van der Waals surface area contributed by atoms with Gasteiger partial charge in [0.2, 0.25) is 5.91 Å². The van der Waals surface area contributed by atoms with E-state index in [-0.39, 0.29) is 5.91 Å². The van der Waals surface area contributed by atoms with Crippen LogP contribution in [0.4, 0.5) is 5.82 Å². The number of aromatic nitrogens is 2. The molecule has 1 aliphatic heterocycles. The molecule has 0 unspecified atom stereocenters. The molecule has 0 N–H and O–H groups in total. The number of rotatable bonds is 1. The zero-order chi connectivity index (χ0) is 11.5. The van der Waals surface area contributed by atoms with Crippen LogP contribution in [0.5, 0.6) is 0 Å². The average Bonchev–Trinajstić information content (AvgIpc) is 2.30. The highest BCUT2D eigenvalue weighted by Gasteiger charge is 2.19. The summed E-state index contributed by atoms with van der Waals surface area (Å²) in [6, 6.07) is 3.92. The lowest BCUT2D eigenvalue weighted by Gasteiger charge is -2.34. The SMILES string of the molecule is CC(=O)N1CCN(c2ccc(I)nn2)CC1. The molecule has 1 aliphatic rings. The van der Waals surface area contributed by atoms with E-state index < -0.39 is 0 Å². The summed E-state index contributed by atoms with van der Waals surface area (Å²) in [6.45, 7) is 4.80. The molecule has 1 saturated heterocycles. The summed E-state index contributed by atoms with van der Waals surface area (Å²) in [5.41, 5.74) is 0. The highest BCUT2D eigenvalue weighted by Crippen LogP contribution is 2.13. The maximum atomic E-state index is 11.2. The molecule has 0 aliphatic carbocycles. The van der Waals surface area contributed by atoms with Crippen LogP contribution in [0.25, 0.3) is 0 Å². The second-order valence-corrected chi connectivity index (χ2v) is 4.81. The average molecular weight is 332 g/mol. The van der Waals surface area contributed by atoms with E-state index in [0.717, 1.165) is 35.7 Å². The van der Waals surface area contributed by atoms with E-state index in [1.165, 1.54) is 0 Å². The Kier molecular flexibility index (Phi) is 3.57. The Morgan fingerprint density at radius 3 is 2.44 bits per heavy atom. The van der Waals surface area contributed by atoms with E-state index in [9.17, 15) is 4.79 Å². The van der Waals surface area contributed by atoms with E-state index in [2.05, 4.69) is 37.7 Å². The summed E-state index contributed by atoms with van der Waals surface area (Å²) >= 11 is 2.13. The molecule has 0 atom stereocenters. The Labute approximate surface area is 108 Å². The van der Waals surface area contributed by atoms with Gasteiger partial charge < -0.3 is 9.80 Å². The lowest BCUT2D eigenvalue weighted by molar-refractivity contribution is -0.129. The minimum absolute atomic E-state index is 0.147. The third kappa shape index (κ3) is 2.60. The second-order valence-electron chi connectivity index (χ2n) is 3.71. The minimum Gasteiger partial charge on any atom is -0.352 e. The third-order valence-electron chi connectivity index (χ3n) is 2.67. The van der Waals surface area contributed by atoms with Gasteiger partial charge in [-0.1, -0.05) is 0 Å². The molecule has 0 saturated carbocycles. The van der Waals surface area contributed by atoms with Gasteiger partial charge in [0.15, 0.2) is 5.82 Å². The van der Waals surface area contributed by atoms with Gasteiger partial charge in [-0.15, -0.1) is 10.2 Å².